The Kier molecular flexibility index (Phi) is 7.37. The minimum atomic E-state index is -0.454. The van der Waals surface area contributed by atoms with Gasteiger partial charge < -0.3 is 19.2 Å². The molecule has 2 N–H and O–H groups in total. The number of carbonyl (C=O) groups excluding carboxylic acids is 1. The van der Waals surface area contributed by atoms with E-state index in [1.165, 1.54) is 7.11 Å². The quantitative estimate of drug-likeness (QED) is 0.262. The van der Waals surface area contributed by atoms with Gasteiger partial charge in [-0.3, -0.25) is 10.1 Å². The van der Waals surface area contributed by atoms with E-state index < -0.39 is 6.04 Å². The van der Waals surface area contributed by atoms with Gasteiger partial charge in [-0.1, -0.05) is 49.7 Å². The average Bonchev–Trinajstić information content (AvgIpc) is 3.30. The third-order valence-electron chi connectivity index (χ3n) is 7.33. The number of ether oxygens (including phenoxy) is 3. The predicted molar refractivity (Wildman–Crippen MR) is 150 cm³/mol. The van der Waals surface area contributed by atoms with Crippen molar-refractivity contribution in [1.82, 2.24) is 10.3 Å². The number of fused-ring (bicyclic) bond motifs is 3. The summed E-state index contributed by atoms with van der Waals surface area (Å²) < 4.78 is 17.2. The largest absolute Gasteiger partial charge is 0.496 e. The van der Waals surface area contributed by atoms with Gasteiger partial charge in [-0.25, -0.2) is 0 Å². The molecule has 198 valence electrons. The Morgan fingerprint density at radius 3 is 2.61 bits per heavy atom. The molecule has 0 spiro atoms. The van der Waals surface area contributed by atoms with Crippen LogP contribution in [0.2, 0.25) is 5.02 Å². The smallest absolute Gasteiger partial charge is 0.323 e. The summed E-state index contributed by atoms with van der Waals surface area (Å²) in [5.41, 5.74) is 7.18. The summed E-state index contributed by atoms with van der Waals surface area (Å²) in [6.07, 6.45) is 0.558. The molecule has 5 rings (SSSR count). The molecule has 0 saturated heterocycles. The number of aromatic amines is 1. The number of aromatic nitrogens is 1. The number of H-pyrrole nitrogens is 1. The van der Waals surface area contributed by atoms with E-state index >= 15 is 0 Å². The van der Waals surface area contributed by atoms with Crippen molar-refractivity contribution in [3.8, 4) is 11.5 Å². The molecule has 1 aliphatic heterocycles. The summed E-state index contributed by atoms with van der Waals surface area (Å²) in [7, 11) is 3.09. The Balaban J connectivity index is 1.52. The van der Waals surface area contributed by atoms with E-state index in [1.54, 1.807) is 7.11 Å². The van der Waals surface area contributed by atoms with E-state index in [0.29, 0.717) is 13.0 Å². The summed E-state index contributed by atoms with van der Waals surface area (Å²) in [5.74, 6) is 1.54. The lowest BCUT2D eigenvalue weighted by molar-refractivity contribution is -0.143. The number of benzene rings is 3. The number of hydrogen-bond donors (Lipinski definition) is 2. The fraction of sp³-hybridized carbons (Fsp3) is 0.323. The number of hydrogen-bond acceptors (Lipinski definition) is 5. The standard InChI is InChI=1S/C31H33ClN2O4/c1-17(2)22-14-24(32)18(3)12-28(22)38-16-20-13-19(10-11-27(20)36-4)29-30-23(15-26(34-29)31(35)37-5)21-8-6-7-9-25(21)33-30/h6-14,17,26,29,33-34H,15-16H2,1-5H3/t26-,29+/m1/s1. The Labute approximate surface area is 228 Å². The summed E-state index contributed by atoms with van der Waals surface area (Å²) in [6.45, 7) is 6.55. The number of aryl methyl sites for hydroxylation is 1. The minimum absolute atomic E-state index is 0.232. The highest BCUT2D eigenvalue weighted by molar-refractivity contribution is 6.31. The Morgan fingerprint density at radius 1 is 1.08 bits per heavy atom. The molecule has 0 saturated carbocycles. The molecule has 7 heteroatoms. The van der Waals surface area contributed by atoms with Gasteiger partial charge in [0.05, 0.1) is 20.3 Å². The van der Waals surface area contributed by atoms with Gasteiger partial charge in [0.2, 0.25) is 0 Å². The first kappa shape index (κ1) is 26.1. The number of carbonyl (C=O) groups is 1. The number of nitrogens with one attached hydrogen (secondary N) is 2. The molecule has 0 amide bonds. The monoisotopic (exact) mass is 532 g/mol. The lowest BCUT2D eigenvalue weighted by atomic mass is 9.89. The number of methoxy groups -OCH3 is 2. The second kappa shape index (κ2) is 10.7. The lowest BCUT2D eigenvalue weighted by Gasteiger charge is -2.30. The van der Waals surface area contributed by atoms with Crippen LogP contribution in [0.5, 0.6) is 11.5 Å². The average molecular weight is 533 g/mol. The van der Waals surface area contributed by atoms with Crippen molar-refractivity contribution in [2.75, 3.05) is 14.2 Å². The van der Waals surface area contributed by atoms with Gasteiger partial charge in [0.15, 0.2) is 0 Å². The SMILES string of the molecule is COC(=O)[C@H]1Cc2c([nH]c3ccccc23)[C@H](c2ccc(OC)c(COc3cc(C)c(Cl)cc3C(C)C)c2)N1. The summed E-state index contributed by atoms with van der Waals surface area (Å²) in [5, 5.41) is 5.37. The number of rotatable bonds is 7. The zero-order chi connectivity index (χ0) is 27.0. The summed E-state index contributed by atoms with van der Waals surface area (Å²) >= 11 is 6.40. The van der Waals surface area contributed by atoms with Gasteiger partial charge in [-0.05, 0) is 65.4 Å². The maximum Gasteiger partial charge on any atom is 0.323 e. The highest BCUT2D eigenvalue weighted by Crippen LogP contribution is 2.38. The van der Waals surface area contributed by atoms with Crippen LogP contribution in [0, 0.1) is 6.92 Å². The number of para-hydroxylation sites is 1. The number of halogens is 1. The molecule has 4 aromatic rings. The first-order valence-electron chi connectivity index (χ1n) is 12.8. The zero-order valence-electron chi connectivity index (χ0n) is 22.4. The predicted octanol–water partition coefficient (Wildman–Crippen LogP) is 6.62. The maximum atomic E-state index is 12.6. The van der Waals surface area contributed by atoms with E-state index in [1.807, 2.05) is 43.3 Å². The van der Waals surface area contributed by atoms with Crippen LogP contribution in [0.25, 0.3) is 10.9 Å². The lowest BCUT2D eigenvalue weighted by Crippen LogP contribution is -2.45. The van der Waals surface area contributed by atoms with Crippen LogP contribution in [0.3, 0.4) is 0 Å². The topological polar surface area (TPSA) is 72.6 Å². The summed E-state index contributed by atoms with van der Waals surface area (Å²) in [6, 6.07) is 17.6. The van der Waals surface area contributed by atoms with Crippen molar-refractivity contribution in [2.24, 2.45) is 0 Å². The molecule has 0 aliphatic carbocycles. The maximum absolute atomic E-state index is 12.6. The van der Waals surface area contributed by atoms with E-state index in [4.69, 9.17) is 25.8 Å². The molecule has 1 aliphatic rings. The van der Waals surface area contributed by atoms with E-state index in [-0.39, 0.29) is 17.9 Å². The van der Waals surface area contributed by atoms with Crippen molar-refractivity contribution in [1.29, 1.82) is 0 Å². The highest BCUT2D eigenvalue weighted by Gasteiger charge is 2.34. The van der Waals surface area contributed by atoms with E-state index in [0.717, 1.165) is 60.9 Å². The second-order valence-electron chi connectivity index (χ2n) is 10.1. The van der Waals surface area contributed by atoms with Crippen LogP contribution in [0.15, 0.2) is 54.6 Å². The number of esters is 1. The Hall–Kier alpha value is -3.48. The molecular formula is C31H33ClN2O4. The molecule has 3 aromatic carbocycles. The van der Waals surface area contributed by atoms with Gasteiger partial charge in [0.1, 0.15) is 24.1 Å². The van der Waals surface area contributed by atoms with E-state index in [9.17, 15) is 4.79 Å². The van der Waals surface area contributed by atoms with Crippen LogP contribution in [-0.2, 0) is 22.6 Å². The molecule has 6 nitrogen and oxygen atoms in total. The first-order valence-corrected chi connectivity index (χ1v) is 13.2. The minimum Gasteiger partial charge on any atom is -0.496 e. The molecule has 2 atom stereocenters. The normalized spacial score (nSPS) is 16.9. The van der Waals surface area contributed by atoms with Crippen LogP contribution in [0.1, 0.15) is 59.3 Å². The van der Waals surface area contributed by atoms with Crippen molar-refractivity contribution in [3.05, 3.63) is 93.1 Å². The molecule has 0 fully saturated rings. The first-order chi connectivity index (χ1) is 18.3. The van der Waals surface area contributed by atoms with Gasteiger partial charge >= 0.3 is 5.97 Å². The second-order valence-corrected chi connectivity index (χ2v) is 10.5. The van der Waals surface area contributed by atoms with Crippen LogP contribution in [-0.4, -0.2) is 31.2 Å². The molecule has 1 aromatic heterocycles. The van der Waals surface area contributed by atoms with Crippen LogP contribution < -0.4 is 14.8 Å². The summed E-state index contributed by atoms with van der Waals surface area (Å²) in [4.78, 5) is 16.2. The molecule has 0 radical (unpaired) electrons. The fourth-order valence-electron chi connectivity index (χ4n) is 5.28. The Morgan fingerprint density at radius 2 is 1.87 bits per heavy atom. The third kappa shape index (κ3) is 4.86. The fourth-order valence-corrected chi connectivity index (χ4v) is 5.46. The zero-order valence-corrected chi connectivity index (χ0v) is 23.1. The van der Waals surface area contributed by atoms with Crippen molar-refractivity contribution >= 4 is 28.5 Å². The highest BCUT2D eigenvalue weighted by atomic mass is 35.5. The molecular weight excluding hydrogens is 500 g/mol. The molecule has 2 heterocycles. The van der Waals surface area contributed by atoms with Gasteiger partial charge in [-0.15, -0.1) is 0 Å². The van der Waals surface area contributed by atoms with Crippen molar-refractivity contribution in [2.45, 2.75) is 51.8 Å². The van der Waals surface area contributed by atoms with Gasteiger partial charge in [-0.2, -0.15) is 0 Å². The van der Waals surface area contributed by atoms with Gasteiger partial charge in [0.25, 0.3) is 0 Å². The van der Waals surface area contributed by atoms with Gasteiger partial charge in [0, 0.05) is 33.6 Å². The Bertz CT molecular complexity index is 1490. The van der Waals surface area contributed by atoms with Crippen LogP contribution >= 0.6 is 11.6 Å². The molecule has 0 unspecified atom stereocenters. The molecule has 0 bridgehead atoms. The molecule has 38 heavy (non-hydrogen) atoms. The third-order valence-corrected chi connectivity index (χ3v) is 7.74. The van der Waals surface area contributed by atoms with Crippen LogP contribution in [0.4, 0.5) is 0 Å². The van der Waals surface area contributed by atoms with Crippen molar-refractivity contribution < 1.29 is 19.0 Å². The van der Waals surface area contributed by atoms with Crippen molar-refractivity contribution in [3.63, 3.8) is 0 Å². The van der Waals surface area contributed by atoms with E-state index in [2.05, 4.69) is 42.3 Å².